The summed E-state index contributed by atoms with van der Waals surface area (Å²) in [5, 5.41) is 14.0. The molecular weight excluding hydrogens is 262 g/mol. The van der Waals surface area contributed by atoms with E-state index in [1.165, 1.54) is 11.5 Å². The lowest BCUT2D eigenvalue weighted by molar-refractivity contribution is 0.393. The lowest BCUT2D eigenvalue weighted by atomic mass is 10.1. The molecule has 0 fully saturated rings. The molecule has 1 unspecified atom stereocenters. The fourth-order valence-electron chi connectivity index (χ4n) is 2.04. The average Bonchev–Trinajstić information content (AvgIpc) is 3.04. The molecule has 0 amide bonds. The zero-order valence-electron chi connectivity index (χ0n) is 11.6. The Morgan fingerprint density at radius 2 is 2.26 bits per heavy atom. The van der Waals surface area contributed by atoms with Gasteiger partial charge in [-0.3, -0.25) is 4.68 Å². The van der Waals surface area contributed by atoms with E-state index < -0.39 is 0 Å². The third kappa shape index (κ3) is 2.76. The molecule has 104 valence electrons. The summed E-state index contributed by atoms with van der Waals surface area (Å²) in [6, 6.07) is 0.204. The van der Waals surface area contributed by atoms with E-state index in [1.54, 1.807) is 13.3 Å². The van der Waals surface area contributed by atoms with Gasteiger partial charge >= 0.3 is 0 Å². The smallest absolute Gasteiger partial charge is 0.162 e. The van der Waals surface area contributed by atoms with E-state index in [0.717, 1.165) is 23.7 Å². The van der Waals surface area contributed by atoms with Gasteiger partial charge in [-0.25, -0.2) is 0 Å². The number of aromatic nitrogens is 4. The van der Waals surface area contributed by atoms with E-state index >= 15 is 0 Å². The van der Waals surface area contributed by atoms with E-state index in [4.69, 9.17) is 4.74 Å². The van der Waals surface area contributed by atoms with Crippen LogP contribution in [0.1, 0.15) is 44.2 Å². The van der Waals surface area contributed by atoms with Gasteiger partial charge in [0.2, 0.25) is 0 Å². The highest BCUT2D eigenvalue weighted by atomic mass is 32.1. The fraction of sp³-hybridized carbons (Fsp3) is 0.583. The van der Waals surface area contributed by atoms with E-state index in [9.17, 15) is 0 Å². The van der Waals surface area contributed by atoms with Crippen LogP contribution in [-0.2, 0) is 0 Å². The lowest BCUT2D eigenvalue weighted by Crippen LogP contribution is -2.26. The minimum absolute atomic E-state index is 0.0522. The minimum atomic E-state index is -0.0522. The van der Waals surface area contributed by atoms with Crippen molar-refractivity contribution in [3.8, 4) is 5.75 Å². The van der Waals surface area contributed by atoms with Crippen molar-refractivity contribution in [3.05, 3.63) is 23.0 Å². The molecule has 0 spiro atoms. The van der Waals surface area contributed by atoms with E-state index in [1.807, 2.05) is 10.1 Å². The normalized spacial score (nSPS) is 12.9. The molecule has 0 saturated heterocycles. The first-order chi connectivity index (χ1) is 9.19. The van der Waals surface area contributed by atoms with Crippen molar-refractivity contribution in [2.45, 2.75) is 32.9 Å². The second-order valence-corrected chi connectivity index (χ2v) is 5.07. The second-order valence-electron chi connectivity index (χ2n) is 4.46. The van der Waals surface area contributed by atoms with Crippen LogP contribution in [-0.4, -0.2) is 33.0 Å². The molecule has 0 aliphatic heterocycles. The van der Waals surface area contributed by atoms with Crippen molar-refractivity contribution in [1.82, 2.24) is 24.7 Å². The van der Waals surface area contributed by atoms with Gasteiger partial charge in [0.25, 0.3) is 0 Å². The number of hydrogen-bond donors (Lipinski definition) is 1. The highest BCUT2D eigenvalue weighted by molar-refractivity contribution is 7.03. The summed E-state index contributed by atoms with van der Waals surface area (Å²) in [7, 11) is 1.66. The molecule has 0 aliphatic rings. The number of rotatable bonds is 6. The van der Waals surface area contributed by atoms with Gasteiger partial charge in [0.15, 0.2) is 5.75 Å². The van der Waals surface area contributed by atoms with Gasteiger partial charge in [0, 0.05) is 11.4 Å². The van der Waals surface area contributed by atoms with Gasteiger partial charge in [-0.15, -0.1) is 5.10 Å². The van der Waals surface area contributed by atoms with Crippen molar-refractivity contribution in [2.24, 2.45) is 0 Å². The quantitative estimate of drug-likeness (QED) is 0.877. The maximum Gasteiger partial charge on any atom is 0.162 e. The van der Waals surface area contributed by atoms with E-state index in [0.29, 0.717) is 0 Å². The number of nitrogens with zero attached hydrogens (tertiary/aromatic N) is 4. The maximum atomic E-state index is 5.43. The Balaban J connectivity index is 2.49. The third-order valence-corrected chi connectivity index (χ3v) is 3.38. The molecular formula is C12H19N5OS. The molecule has 0 bridgehead atoms. The summed E-state index contributed by atoms with van der Waals surface area (Å²) in [6.45, 7) is 7.08. The van der Waals surface area contributed by atoms with Gasteiger partial charge in [-0.2, -0.15) is 5.10 Å². The van der Waals surface area contributed by atoms with Crippen molar-refractivity contribution >= 4 is 11.5 Å². The Morgan fingerprint density at radius 3 is 2.79 bits per heavy atom. The number of nitrogens with one attached hydrogen (secondary N) is 1. The molecule has 0 saturated carbocycles. The Kier molecular flexibility index (Phi) is 4.49. The summed E-state index contributed by atoms with van der Waals surface area (Å²) in [5.41, 5.74) is 1.89. The molecule has 2 heterocycles. The molecule has 1 atom stereocenters. The summed E-state index contributed by atoms with van der Waals surface area (Å²) < 4.78 is 11.3. The van der Waals surface area contributed by atoms with Crippen LogP contribution in [0.15, 0.2) is 11.6 Å². The molecule has 7 heteroatoms. The summed E-state index contributed by atoms with van der Waals surface area (Å²) in [4.78, 5) is 0. The van der Waals surface area contributed by atoms with Crippen LogP contribution in [0.2, 0.25) is 0 Å². The van der Waals surface area contributed by atoms with Crippen LogP contribution in [0.25, 0.3) is 0 Å². The predicted molar refractivity (Wildman–Crippen MR) is 74.6 cm³/mol. The Hall–Kier alpha value is -1.47. The van der Waals surface area contributed by atoms with Crippen LogP contribution in [0.4, 0.5) is 0 Å². The van der Waals surface area contributed by atoms with Gasteiger partial charge in [-0.1, -0.05) is 11.4 Å². The standard InChI is InChI=1S/C12H19N5OS/c1-5-13-11(9-7-19-16-15-9)12-10(18-4)6-14-17(12)8(2)3/h6-8,11,13H,5H2,1-4H3. The first-order valence-electron chi connectivity index (χ1n) is 6.30. The zero-order chi connectivity index (χ0) is 13.8. The van der Waals surface area contributed by atoms with Crippen molar-refractivity contribution in [1.29, 1.82) is 0 Å². The lowest BCUT2D eigenvalue weighted by Gasteiger charge is -2.20. The topological polar surface area (TPSA) is 64.9 Å². The summed E-state index contributed by atoms with van der Waals surface area (Å²) >= 11 is 1.35. The highest BCUT2D eigenvalue weighted by Gasteiger charge is 2.25. The Bertz CT molecular complexity index is 508. The second kappa shape index (κ2) is 6.12. The van der Waals surface area contributed by atoms with Gasteiger partial charge in [0.1, 0.15) is 5.69 Å². The minimum Gasteiger partial charge on any atom is -0.493 e. The van der Waals surface area contributed by atoms with Crippen molar-refractivity contribution in [3.63, 3.8) is 0 Å². The van der Waals surface area contributed by atoms with Crippen LogP contribution in [0, 0.1) is 0 Å². The molecule has 6 nitrogen and oxygen atoms in total. The SMILES string of the molecule is CCNC(c1csnn1)c1c(OC)cnn1C(C)C. The highest BCUT2D eigenvalue weighted by Crippen LogP contribution is 2.31. The van der Waals surface area contributed by atoms with Crippen LogP contribution < -0.4 is 10.1 Å². The number of methoxy groups -OCH3 is 1. The fourth-order valence-corrected chi connectivity index (χ4v) is 2.52. The number of hydrogen-bond acceptors (Lipinski definition) is 6. The average molecular weight is 281 g/mol. The maximum absolute atomic E-state index is 5.43. The molecule has 2 aromatic rings. The summed E-state index contributed by atoms with van der Waals surface area (Å²) in [5.74, 6) is 0.771. The van der Waals surface area contributed by atoms with Crippen LogP contribution in [0.3, 0.4) is 0 Å². The van der Waals surface area contributed by atoms with Crippen LogP contribution >= 0.6 is 11.5 Å². The zero-order valence-corrected chi connectivity index (χ0v) is 12.4. The van der Waals surface area contributed by atoms with E-state index in [-0.39, 0.29) is 12.1 Å². The molecule has 0 aromatic carbocycles. The van der Waals surface area contributed by atoms with Crippen LogP contribution in [0.5, 0.6) is 5.75 Å². The van der Waals surface area contributed by atoms with Gasteiger partial charge in [0.05, 0.1) is 25.0 Å². The van der Waals surface area contributed by atoms with E-state index in [2.05, 4.69) is 40.8 Å². The Labute approximate surface area is 117 Å². The third-order valence-electron chi connectivity index (χ3n) is 2.86. The molecule has 1 N–H and O–H groups in total. The molecule has 0 aliphatic carbocycles. The van der Waals surface area contributed by atoms with Crippen molar-refractivity contribution < 1.29 is 4.74 Å². The first kappa shape index (κ1) is 14.0. The van der Waals surface area contributed by atoms with Gasteiger partial charge in [-0.05, 0) is 31.9 Å². The molecule has 2 aromatic heterocycles. The summed E-state index contributed by atoms with van der Waals surface area (Å²) in [6.07, 6.45) is 1.75. The predicted octanol–water partition coefficient (Wildman–Crippen LogP) is 2.02. The Morgan fingerprint density at radius 1 is 1.47 bits per heavy atom. The molecule has 0 radical (unpaired) electrons. The van der Waals surface area contributed by atoms with Gasteiger partial charge < -0.3 is 10.1 Å². The largest absolute Gasteiger partial charge is 0.493 e. The van der Waals surface area contributed by atoms with Crippen molar-refractivity contribution in [2.75, 3.05) is 13.7 Å². The molecule has 2 rings (SSSR count). The first-order valence-corrected chi connectivity index (χ1v) is 7.14. The number of ether oxygens (including phenoxy) is 1. The molecule has 19 heavy (non-hydrogen) atoms. The monoisotopic (exact) mass is 281 g/mol.